The summed E-state index contributed by atoms with van der Waals surface area (Å²) in [7, 11) is 0. The van der Waals surface area contributed by atoms with Crippen LogP contribution in [0.15, 0.2) is 194 Å². The minimum Gasteiger partial charge on any atom is -0.311 e. The van der Waals surface area contributed by atoms with Crippen molar-refractivity contribution in [2.45, 2.75) is 6.18 Å². The zero-order chi connectivity index (χ0) is 37.4. The van der Waals surface area contributed by atoms with Crippen LogP contribution in [0.2, 0.25) is 0 Å². The first-order valence-electron chi connectivity index (χ1n) is 18.0. The van der Waals surface area contributed by atoms with E-state index in [1.165, 1.54) is 12.1 Å². The molecular formula is C49H32F3N3. The standard InChI is InChI=1S/C49H32F3N3/c50-49(51,52)40-25-18-33(19-26-40)34-20-27-42(28-21-34)55(41-14-8-3-9-15-41)43-29-22-35(23-30-43)39-17-16-36-24-31-45-48(44(36)32-39)54-47(38-12-6-2-7-13-38)46(53-45)37-10-4-1-5-11-37/h1-32H. The smallest absolute Gasteiger partial charge is 0.311 e. The highest BCUT2D eigenvalue weighted by Gasteiger charge is 2.30. The second-order valence-electron chi connectivity index (χ2n) is 13.4. The van der Waals surface area contributed by atoms with Crippen LogP contribution in [0.1, 0.15) is 5.56 Å². The van der Waals surface area contributed by atoms with Gasteiger partial charge in [-0.2, -0.15) is 13.2 Å². The Hall–Kier alpha value is -7.05. The Morgan fingerprint density at radius 1 is 0.382 bits per heavy atom. The van der Waals surface area contributed by atoms with Gasteiger partial charge in [-0.1, -0.05) is 133 Å². The van der Waals surface area contributed by atoms with Gasteiger partial charge in [-0.05, 0) is 88.3 Å². The SMILES string of the molecule is FC(F)(F)c1ccc(-c2ccc(N(c3ccccc3)c3ccc(-c4ccc5ccc6nc(-c7ccccc7)c(-c7ccccc7)nc6c5c4)cc3)cc2)cc1. The lowest BCUT2D eigenvalue weighted by Crippen LogP contribution is -2.09. The molecule has 0 N–H and O–H groups in total. The minimum absolute atomic E-state index is 0.660. The predicted molar refractivity (Wildman–Crippen MR) is 218 cm³/mol. The van der Waals surface area contributed by atoms with Crippen LogP contribution in [-0.4, -0.2) is 9.97 Å². The quantitative estimate of drug-likeness (QED) is 0.154. The van der Waals surface area contributed by atoms with E-state index in [1.807, 2.05) is 78.9 Å². The predicted octanol–water partition coefficient (Wildman–Crippen LogP) is 13.9. The van der Waals surface area contributed by atoms with Crippen LogP contribution in [-0.2, 0) is 6.18 Å². The average molecular weight is 720 g/mol. The minimum atomic E-state index is -4.37. The molecule has 8 aromatic carbocycles. The van der Waals surface area contributed by atoms with E-state index in [0.717, 1.165) is 95.8 Å². The van der Waals surface area contributed by atoms with E-state index < -0.39 is 11.7 Å². The van der Waals surface area contributed by atoms with Gasteiger partial charge >= 0.3 is 6.18 Å². The van der Waals surface area contributed by atoms with Gasteiger partial charge in [-0.3, -0.25) is 0 Å². The normalized spacial score (nSPS) is 11.5. The van der Waals surface area contributed by atoms with Crippen LogP contribution in [0, 0.1) is 0 Å². The van der Waals surface area contributed by atoms with Crippen LogP contribution in [0.5, 0.6) is 0 Å². The summed E-state index contributed by atoms with van der Waals surface area (Å²) >= 11 is 0. The molecule has 9 rings (SSSR count). The highest BCUT2D eigenvalue weighted by molar-refractivity contribution is 6.07. The summed E-state index contributed by atoms with van der Waals surface area (Å²) in [5, 5.41) is 2.12. The third-order valence-electron chi connectivity index (χ3n) is 9.89. The Labute approximate surface area is 316 Å². The molecule has 0 saturated carbocycles. The lowest BCUT2D eigenvalue weighted by atomic mass is 9.98. The first kappa shape index (κ1) is 33.8. The van der Waals surface area contributed by atoms with E-state index in [2.05, 4.69) is 95.9 Å². The van der Waals surface area contributed by atoms with Crippen LogP contribution in [0.4, 0.5) is 30.2 Å². The molecule has 6 heteroatoms. The lowest BCUT2D eigenvalue weighted by Gasteiger charge is -2.26. The summed E-state index contributed by atoms with van der Waals surface area (Å²) < 4.78 is 39.4. The van der Waals surface area contributed by atoms with Gasteiger partial charge in [0.25, 0.3) is 0 Å². The summed E-state index contributed by atoms with van der Waals surface area (Å²) in [6.45, 7) is 0. The molecule has 0 radical (unpaired) electrons. The topological polar surface area (TPSA) is 29.0 Å². The number of fused-ring (bicyclic) bond motifs is 3. The fourth-order valence-electron chi connectivity index (χ4n) is 7.09. The summed E-state index contributed by atoms with van der Waals surface area (Å²) in [4.78, 5) is 12.7. The van der Waals surface area contributed by atoms with Gasteiger partial charge in [0.2, 0.25) is 0 Å². The maximum atomic E-state index is 13.1. The van der Waals surface area contributed by atoms with Crippen LogP contribution in [0.25, 0.3) is 66.6 Å². The first-order valence-corrected chi connectivity index (χ1v) is 18.0. The van der Waals surface area contributed by atoms with E-state index in [0.29, 0.717) is 0 Å². The monoisotopic (exact) mass is 719 g/mol. The Morgan fingerprint density at radius 3 is 1.36 bits per heavy atom. The molecule has 1 heterocycles. The second-order valence-corrected chi connectivity index (χ2v) is 13.4. The molecule has 9 aromatic rings. The van der Waals surface area contributed by atoms with E-state index in [9.17, 15) is 13.2 Å². The maximum absolute atomic E-state index is 13.1. The molecule has 55 heavy (non-hydrogen) atoms. The van der Waals surface area contributed by atoms with Crippen molar-refractivity contribution in [3.8, 4) is 44.8 Å². The van der Waals surface area contributed by atoms with Crippen molar-refractivity contribution in [3.63, 3.8) is 0 Å². The van der Waals surface area contributed by atoms with Gasteiger partial charge in [0.05, 0.1) is 28.0 Å². The molecule has 0 amide bonds. The van der Waals surface area contributed by atoms with E-state index in [1.54, 1.807) is 0 Å². The number of hydrogen-bond acceptors (Lipinski definition) is 3. The molecular weight excluding hydrogens is 688 g/mol. The fourth-order valence-corrected chi connectivity index (χ4v) is 7.09. The molecule has 0 spiro atoms. The van der Waals surface area contributed by atoms with E-state index in [-0.39, 0.29) is 0 Å². The van der Waals surface area contributed by atoms with E-state index in [4.69, 9.17) is 9.97 Å². The molecule has 0 saturated heterocycles. The average Bonchev–Trinajstić information content (AvgIpc) is 3.24. The summed E-state index contributed by atoms with van der Waals surface area (Å²) in [5.41, 5.74) is 11.3. The molecule has 0 aliphatic rings. The first-order chi connectivity index (χ1) is 26.9. The number of nitrogens with zero attached hydrogens (tertiary/aromatic N) is 3. The molecule has 3 nitrogen and oxygen atoms in total. The van der Waals surface area contributed by atoms with Crippen molar-refractivity contribution in [1.82, 2.24) is 9.97 Å². The Balaban J connectivity index is 1.08. The van der Waals surface area contributed by atoms with Crippen molar-refractivity contribution in [1.29, 1.82) is 0 Å². The molecule has 0 aliphatic heterocycles. The lowest BCUT2D eigenvalue weighted by molar-refractivity contribution is -0.137. The molecule has 0 atom stereocenters. The van der Waals surface area contributed by atoms with Gasteiger partial charge < -0.3 is 4.90 Å². The Kier molecular flexibility index (Phi) is 8.63. The van der Waals surface area contributed by atoms with Crippen molar-refractivity contribution >= 4 is 38.9 Å². The molecule has 0 fully saturated rings. The third kappa shape index (κ3) is 6.70. The molecule has 0 bridgehead atoms. The van der Waals surface area contributed by atoms with Crippen LogP contribution >= 0.6 is 0 Å². The number of para-hydroxylation sites is 1. The highest BCUT2D eigenvalue weighted by Crippen LogP contribution is 2.39. The summed E-state index contributed by atoms with van der Waals surface area (Å²) in [6, 6.07) is 62.8. The van der Waals surface area contributed by atoms with E-state index >= 15 is 0 Å². The summed E-state index contributed by atoms with van der Waals surface area (Å²) in [5.74, 6) is 0. The zero-order valence-electron chi connectivity index (χ0n) is 29.5. The van der Waals surface area contributed by atoms with Crippen molar-refractivity contribution in [2.75, 3.05) is 4.90 Å². The van der Waals surface area contributed by atoms with Crippen LogP contribution < -0.4 is 4.90 Å². The maximum Gasteiger partial charge on any atom is 0.416 e. The van der Waals surface area contributed by atoms with Gasteiger partial charge in [0.1, 0.15) is 0 Å². The zero-order valence-corrected chi connectivity index (χ0v) is 29.5. The van der Waals surface area contributed by atoms with Crippen molar-refractivity contribution < 1.29 is 13.2 Å². The number of benzene rings is 8. The van der Waals surface area contributed by atoms with Crippen molar-refractivity contribution in [2.24, 2.45) is 0 Å². The number of anilines is 3. The number of halogens is 3. The third-order valence-corrected chi connectivity index (χ3v) is 9.89. The number of alkyl halides is 3. The molecule has 1 aromatic heterocycles. The Morgan fingerprint density at radius 2 is 0.818 bits per heavy atom. The van der Waals surface area contributed by atoms with Gasteiger partial charge in [-0.25, -0.2) is 9.97 Å². The fraction of sp³-hybridized carbons (Fsp3) is 0.0204. The summed E-state index contributed by atoms with van der Waals surface area (Å²) in [6.07, 6.45) is -4.37. The number of aromatic nitrogens is 2. The number of hydrogen-bond donors (Lipinski definition) is 0. The van der Waals surface area contributed by atoms with Crippen LogP contribution in [0.3, 0.4) is 0 Å². The molecule has 0 aliphatic carbocycles. The number of rotatable bonds is 7. The van der Waals surface area contributed by atoms with Crippen molar-refractivity contribution in [3.05, 3.63) is 200 Å². The molecule has 264 valence electrons. The highest BCUT2D eigenvalue weighted by atomic mass is 19.4. The second kappa shape index (κ2) is 14.1. The van der Waals surface area contributed by atoms with Gasteiger partial charge in [0.15, 0.2) is 0 Å². The molecule has 0 unspecified atom stereocenters. The van der Waals surface area contributed by atoms with Gasteiger partial charge in [0, 0.05) is 33.6 Å². The largest absolute Gasteiger partial charge is 0.416 e. The van der Waals surface area contributed by atoms with Gasteiger partial charge in [-0.15, -0.1) is 0 Å². The Bertz CT molecular complexity index is 2750.